The number of thioether (sulfide) groups is 1. The number of aliphatic hydroxyl groups is 1. The van der Waals surface area contributed by atoms with Crippen molar-refractivity contribution in [2.75, 3.05) is 0 Å². The molecule has 0 aromatic carbocycles. The highest BCUT2D eigenvalue weighted by Gasteiger charge is 2.15. The molecule has 1 saturated carbocycles. The number of thiophene rings is 1. The van der Waals surface area contributed by atoms with Gasteiger partial charge in [0.1, 0.15) is 0 Å². The predicted molar refractivity (Wildman–Crippen MR) is 63.0 cm³/mol. The van der Waals surface area contributed by atoms with Crippen LogP contribution in [0.2, 0.25) is 0 Å². The van der Waals surface area contributed by atoms with Gasteiger partial charge in [0.25, 0.3) is 0 Å². The smallest absolute Gasteiger partial charge is 0.0774 e. The molecule has 0 bridgehead atoms. The zero-order valence-electron chi connectivity index (χ0n) is 8.24. The molecule has 1 N–H and O–H groups in total. The van der Waals surface area contributed by atoms with Crippen LogP contribution in [0.3, 0.4) is 0 Å². The summed E-state index contributed by atoms with van der Waals surface area (Å²) in [5.74, 6) is 0. The second-order valence-electron chi connectivity index (χ2n) is 3.76. The van der Waals surface area contributed by atoms with Gasteiger partial charge in [-0.05, 0) is 25.0 Å². The van der Waals surface area contributed by atoms with Gasteiger partial charge in [-0.1, -0.05) is 19.3 Å². The van der Waals surface area contributed by atoms with Crippen molar-refractivity contribution in [3.05, 3.63) is 17.0 Å². The molecule has 2 rings (SSSR count). The lowest BCUT2D eigenvalue weighted by Crippen LogP contribution is -2.06. The zero-order chi connectivity index (χ0) is 9.80. The Labute approximate surface area is 93.5 Å². The van der Waals surface area contributed by atoms with Gasteiger partial charge in [-0.3, -0.25) is 0 Å². The molecule has 78 valence electrons. The molecule has 1 aromatic rings. The van der Waals surface area contributed by atoms with Crippen molar-refractivity contribution >= 4 is 23.1 Å². The minimum Gasteiger partial charge on any atom is -0.391 e. The first-order valence-corrected chi connectivity index (χ1v) is 6.94. The highest BCUT2D eigenvalue weighted by Crippen LogP contribution is 2.36. The Hall–Kier alpha value is 0.01000. The maximum Gasteiger partial charge on any atom is 0.0774 e. The van der Waals surface area contributed by atoms with Crippen molar-refractivity contribution < 1.29 is 5.11 Å². The Morgan fingerprint density at radius 2 is 2.07 bits per heavy atom. The van der Waals surface area contributed by atoms with Crippen LogP contribution in [0.25, 0.3) is 0 Å². The second kappa shape index (κ2) is 5.19. The average molecular weight is 228 g/mol. The van der Waals surface area contributed by atoms with E-state index >= 15 is 0 Å². The molecule has 1 aliphatic rings. The van der Waals surface area contributed by atoms with E-state index in [-0.39, 0.29) is 6.61 Å². The molecule has 1 heterocycles. The summed E-state index contributed by atoms with van der Waals surface area (Å²) in [5, 5.41) is 9.79. The molecule has 0 spiro atoms. The van der Waals surface area contributed by atoms with Crippen LogP contribution in [0.4, 0.5) is 0 Å². The van der Waals surface area contributed by atoms with Gasteiger partial charge in [-0.15, -0.1) is 23.1 Å². The molecule has 1 nitrogen and oxygen atoms in total. The van der Waals surface area contributed by atoms with Crippen molar-refractivity contribution in [2.24, 2.45) is 0 Å². The monoisotopic (exact) mass is 228 g/mol. The zero-order valence-corrected chi connectivity index (χ0v) is 9.87. The molecular formula is C11H16OS2. The Balaban J connectivity index is 1.89. The summed E-state index contributed by atoms with van der Waals surface area (Å²) in [7, 11) is 0. The van der Waals surface area contributed by atoms with Crippen LogP contribution < -0.4 is 0 Å². The van der Waals surface area contributed by atoms with E-state index in [4.69, 9.17) is 5.11 Å². The van der Waals surface area contributed by atoms with Gasteiger partial charge in [-0.2, -0.15) is 0 Å². The number of rotatable bonds is 3. The largest absolute Gasteiger partial charge is 0.391 e. The Kier molecular flexibility index (Phi) is 3.90. The van der Waals surface area contributed by atoms with Gasteiger partial charge in [0.15, 0.2) is 0 Å². The maximum absolute atomic E-state index is 8.96. The van der Waals surface area contributed by atoms with E-state index in [1.54, 1.807) is 11.3 Å². The minimum atomic E-state index is 0.190. The fourth-order valence-electron chi connectivity index (χ4n) is 1.85. The Morgan fingerprint density at radius 3 is 2.71 bits per heavy atom. The quantitative estimate of drug-likeness (QED) is 0.852. The summed E-state index contributed by atoms with van der Waals surface area (Å²) in [6.45, 7) is 0.190. The molecule has 0 saturated heterocycles. The van der Waals surface area contributed by atoms with Gasteiger partial charge in [0.05, 0.1) is 10.8 Å². The topological polar surface area (TPSA) is 20.2 Å². The second-order valence-corrected chi connectivity index (χ2v) is 6.53. The van der Waals surface area contributed by atoms with Gasteiger partial charge in [0, 0.05) is 10.1 Å². The molecule has 0 aliphatic heterocycles. The third-order valence-corrected chi connectivity index (χ3v) is 5.20. The molecule has 1 fully saturated rings. The van der Waals surface area contributed by atoms with E-state index in [2.05, 4.69) is 6.07 Å². The van der Waals surface area contributed by atoms with Gasteiger partial charge in [-0.25, -0.2) is 0 Å². The lowest BCUT2D eigenvalue weighted by Gasteiger charge is -2.19. The van der Waals surface area contributed by atoms with Crippen molar-refractivity contribution in [2.45, 2.75) is 48.2 Å². The van der Waals surface area contributed by atoms with Gasteiger partial charge in [0.2, 0.25) is 0 Å². The minimum absolute atomic E-state index is 0.190. The lowest BCUT2D eigenvalue weighted by molar-refractivity contribution is 0.285. The molecule has 1 aliphatic carbocycles. The Bertz CT molecular complexity index is 277. The van der Waals surface area contributed by atoms with Crippen LogP contribution in [0.15, 0.2) is 16.3 Å². The van der Waals surface area contributed by atoms with E-state index in [1.165, 1.54) is 36.3 Å². The molecule has 0 atom stereocenters. The van der Waals surface area contributed by atoms with Crippen LogP contribution in [-0.4, -0.2) is 10.4 Å². The molecular weight excluding hydrogens is 212 g/mol. The van der Waals surface area contributed by atoms with E-state index in [1.807, 2.05) is 17.8 Å². The highest BCUT2D eigenvalue weighted by molar-refractivity contribution is 8.01. The Morgan fingerprint density at radius 1 is 1.29 bits per heavy atom. The van der Waals surface area contributed by atoms with Crippen LogP contribution in [0.1, 0.15) is 37.0 Å². The number of aliphatic hydroxyl groups excluding tert-OH is 1. The standard InChI is InChI=1S/C11H16OS2/c12-8-10-6-7-11(14-10)13-9-4-2-1-3-5-9/h6-7,9,12H,1-5,8H2. The van der Waals surface area contributed by atoms with Gasteiger partial charge < -0.3 is 5.11 Å². The van der Waals surface area contributed by atoms with Gasteiger partial charge >= 0.3 is 0 Å². The number of hydrogen-bond acceptors (Lipinski definition) is 3. The van der Waals surface area contributed by atoms with Crippen molar-refractivity contribution in [1.29, 1.82) is 0 Å². The maximum atomic E-state index is 8.96. The third-order valence-electron chi connectivity index (χ3n) is 2.63. The summed E-state index contributed by atoms with van der Waals surface area (Å²) in [4.78, 5) is 1.09. The predicted octanol–water partition coefficient (Wildman–Crippen LogP) is 3.67. The summed E-state index contributed by atoms with van der Waals surface area (Å²) in [6.07, 6.45) is 6.96. The van der Waals surface area contributed by atoms with E-state index < -0.39 is 0 Å². The van der Waals surface area contributed by atoms with E-state index in [0.717, 1.165) is 10.1 Å². The first kappa shape index (κ1) is 10.5. The molecule has 1 aromatic heterocycles. The first-order valence-electron chi connectivity index (χ1n) is 5.25. The summed E-state index contributed by atoms with van der Waals surface area (Å²) in [6, 6.07) is 4.19. The molecule has 0 amide bonds. The van der Waals surface area contributed by atoms with Crippen LogP contribution in [-0.2, 0) is 6.61 Å². The van der Waals surface area contributed by atoms with E-state index in [0.29, 0.717) is 0 Å². The molecule has 3 heteroatoms. The van der Waals surface area contributed by atoms with Crippen LogP contribution >= 0.6 is 23.1 Å². The fraction of sp³-hybridized carbons (Fsp3) is 0.636. The molecule has 14 heavy (non-hydrogen) atoms. The lowest BCUT2D eigenvalue weighted by atomic mass is 10.0. The SMILES string of the molecule is OCc1ccc(SC2CCCCC2)s1. The summed E-state index contributed by atoms with van der Waals surface area (Å²) >= 11 is 3.75. The fourth-order valence-corrected chi connectivity index (χ4v) is 4.41. The van der Waals surface area contributed by atoms with Crippen LogP contribution in [0, 0.1) is 0 Å². The first-order chi connectivity index (χ1) is 6.88. The number of hydrogen-bond donors (Lipinski definition) is 1. The van der Waals surface area contributed by atoms with Crippen molar-refractivity contribution in [3.63, 3.8) is 0 Å². The highest BCUT2D eigenvalue weighted by atomic mass is 32.2. The van der Waals surface area contributed by atoms with Crippen molar-refractivity contribution in [3.8, 4) is 0 Å². The summed E-state index contributed by atoms with van der Waals surface area (Å²) < 4.78 is 1.38. The van der Waals surface area contributed by atoms with Crippen molar-refractivity contribution in [1.82, 2.24) is 0 Å². The average Bonchev–Trinajstić information content (AvgIpc) is 2.67. The third kappa shape index (κ3) is 2.75. The van der Waals surface area contributed by atoms with E-state index in [9.17, 15) is 0 Å². The molecule has 0 radical (unpaired) electrons. The van der Waals surface area contributed by atoms with Crippen LogP contribution in [0.5, 0.6) is 0 Å². The summed E-state index contributed by atoms with van der Waals surface area (Å²) in [5.41, 5.74) is 0. The normalized spacial score (nSPS) is 18.6. The molecule has 0 unspecified atom stereocenters.